The predicted molar refractivity (Wildman–Crippen MR) is 94.3 cm³/mol. The number of hydrogen-bond acceptors (Lipinski definition) is 6. The van der Waals surface area contributed by atoms with Gasteiger partial charge in [-0.25, -0.2) is 9.59 Å². The van der Waals surface area contributed by atoms with E-state index in [2.05, 4.69) is 21.3 Å². The standard InChI is InChI=1S/C18H24N4O6/c1-17(11(23)19-15(27)20-12(17)24)7-9-3-5-10(6-4-9)8-18(2)13(25)21-16(28)22-14(18)26/h9-10H,3-8H2,1-2H3,(H2,19,20,23,24,27)(H2,21,22,25,26,28). The number of urea groups is 2. The summed E-state index contributed by atoms with van der Waals surface area (Å²) in [4.78, 5) is 71.2. The molecule has 2 heterocycles. The first-order chi connectivity index (χ1) is 13.0. The van der Waals surface area contributed by atoms with E-state index in [4.69, 9.17) is 0 Å². The third kappa shape index (κ3) is 3.50. The Kier molecular flexibility index (Phi) is 4.99. The second-order valence-electron chi connectivity index (χ2n) is 8.43. The van der Waals surface area contributed by atoms with Gasteiger partial charge in [0.05, 0.1) is 0 Å². The Morgan fingerprint density at radius 3 is 1.11 bits per heavy atom. The summed E-state index contributed by atoms with van der Waals surface area (Å²) in [7, 11) is 0. The molecule has 3 rings (SSSR count). The molecule has 0 unspecified atom stereocenters. The van der Waals surface area contributed by atoms with Gasteiger partial charge in [-0.05, 0) is 38.5 Å². The summed E-state index contributed by atoms with van der Waals surface area (Å²) in [6.07, 6.45) is 3.63. The smallest absolute Gasteiger partial charge is 0.277 e. The maximum atomic E-state index is 12.2. The van der Waals surface area contributed by atoms with Crippen LogP contribution in [0.25, 0.3) is 0 Å². The molecule has 1 saturated carbocycles. The van der Waals surface area contributed by atoms with Crippen molar-refractivity contribution in [2.75, 3.05) is 0 Å². The number of rotatable bonds is 4. The van der Waals surface area contributed by atoms with Crippen LogP contribution in [0.3, 0.4) is 0 Å². The van der Waals surface area contributed by atoms with E-state index in [1.165, 1.54) is 13.8 Å². The second kappa shape index (κ2) is 6.99. The van der Waals surface area contributed by atoms with Gasteiger partial charge in [-0.15, -0.1) is 0 Å². The number of amides is 8. The summed E-state index contributed by atoms with van der Waals surface area (Å²) >= 11 is 0. The zero-order chi connectivity index (χ0) is 20.7. The van der Waals surface area contributed by atoms with Crippen LogP contribution in [-0.2, 0) is 19.2 Å². The Hall–Kier alpha value is -2.78. The van der Waals surface area contributed by atoms with Crippen molar-refractivity contribution in [3.05, 3.63) is 0 Å². The van der Waals surface area contributed by atoms with Gasteiger partial charge in [0.25, 0.3) is 0 Å². The molecule has 3 aliphatic rings. The maximum absolute atomic E-state index is 12.2. The highest BCUT2D eigenvalue weighted by Gasteiger charge is 2.49. The summed E-state index contributed by atoms with van der Waals surface area (Å²) in [5.74, 6) is -2.11. The van der Waals surface area contributed by atoms with Crippen molar-refractivity contribution in [1.82, 2.24) is 21.3 Å². The van der Waals surface area contributed by atoms with Crippen LogP contribution in [0.15, 0.2) is 0 Å². The summed E-state index contributed by atoms with van der Waals surface area (Å²) in [6, 6.07) is -1.60. The number of carbonyl (C=O) groups is 6. The number of barbiturate groups is 2. The van der Waals surface area contributed by atoms with Crippen molar-refractivity contribution >= 4 is 35.7 Å². The fraction of sp³-hybridized carbons (Fsp3) is 0.667. The fourth-order valence-electron chi connectivity index (χ4n) is 4.40. The van der Waals surface area contributed by atoms with Crippen LogP contribution >= 0.6 is 0 Å². The van der Waals surface area contributed by atoms with E-state index >= 15 is 0 Å². The molecule has 2 aliphatic heterocycles. The topological polar surface area (TPSA) is 151 Å². The van der Waals surface area contributed by atoms with E-state index < -0.39 is 46.5 Å². The van der Waals surface area contributed by atoms with Crippen molar-refractivity contribution in [3.8, 4) is 0 Å². The van der Waals surface area contributed by atoms with Crippen LogP contribution in [-0.4, -0.2) is 35.7 Å². The number of nitrogens with one attached hydrogen (secondary N) is 4. The van der Waals surface area contributed by atoms with Gasteiger partial charge in [-0.1, -0.05) is 25.7 Å². The zero-order valence-corrected chi connectivity index (χ0v) is 15.8. The van der Waals surface area contributed by atoms with Gasteiger partial charge in [0.1, 0.15) is 10.8 Å². The van der Waals surface area contributed by atoms with E-state index in [0.717, 1.165) is 25.7 Å². The van der Waals surface area contributed by atoms with Crippen LogP contribution in [0.2, 0.25) is 0 Å². The normalized spacial score (nSPS) is 29.5. The lowest BCUT2D eigenvalue weighted by molar-refractivity contribution is -0.147. The van der Waals surface area contributed by atoms with E-state index in [0.29, 0.717) is 12.8 Å². The van der Waals surface area contributed by atoms with Gasteiger partial charge in [-0.2, -0.15) is 0 Å². The van der Waals surface area contributed by atoms with E-state index in [9.17, 15) is 28.8 Å². The molecule has 1 aliphatic carbocycles. The molecule has 0 radical (unpaired) electrons. The van der Waals surface area contributed by atoms with Crippen LogP contribution < -0.4 is 21.3 Å². The van der Waals surface area contributed by atoms with Crippen molar-refractivity contribution in [3.63, 3.8) is 0 Å². The Labute approximate surface area is 161 Å². The van der Waals surface area contributed by atoms with Gasteiger partial charge in [0.15, 0.2) is 0 Å². The van der Waals surface area contributed by atoms with Crippen LogP contribution in [0, 0.1) is 22.7 Å². The molecule has 10 nitrogen and oxygen atoms in total. The van der Waals surface area contributed by atoms with E-state index in [1.54, 1.807) is 0 Å². The van der Waals surface area contributed by atoms with Crippen molar-refractivity contribution < 1.29 is 28.8 Å². The average Bonchev–Trinajstić information content (AvgIpc) is 2.60. The molecular weight excluding hydrogens is 368 g/mol. The number of hydrogen-bond donors (Lipinski definition) is 4. The lowest BCUT2D eigenvalue weighted by atomic mass is 9.68. The van der Waals surface area contributed by atoms with Gasteiger partial charge < -0.3 is 0 Å². The molecule has 0 atom stereocenters. The molecule has 10 heteroatoms. The first kappa shape index (κ1) is 20.0. The lowest BCUT2D eigenvalue weighted by Gasteiger charge is -2.38. The minimum absolute atomic E-state index is 0.120. The van der Waals surface area contributed by atoms with Crippen LogP contribution in [0.5, 0.6) is 0 Å². The Morgan fingerprint density at radius 1 is 0.607 bits per heavy atom. The zero-order valence-electron chi connectivity index (χ0n) is 15.8. The molecule has 2 saturated heterocycles. The molecule has 3 fully saturated rings. The quantitative estimate of drug-likeness (QED) is 0.506. The molecule has 0 aromatic heterocycles. The SMILES string of the molecule is CC1(CC2CCC(CC3(C)C(=O)NC(=O)NC3=O)CC2)C(=O)NC(=O)NC1=O. The highest BCUT2D eigenvalue weighted by atomic mass is 16.2. The fourth-order valence-corrected chi connectivity index (χ4v) is 4.40. The largest absolute Gasteiger partial charge is 0.328 e. The molecular formula is C18H24N4O6. The van der Waals surface area contributed by atoms with Crippen molar-refractivity contribution in [1.29, 1.82) is 0 Å². The maximum Gasteiger partial charge on any atom is 0.328 e. The molecule has 0 bridgehead atoms. The molecule has 152 valence electrons. The number of carbonyl (C=O) groups excluding carboxylic acids is 6. The minimum Gasteiger partial charge on any atom is -0.277 e. The highest BCUT2D eigenvalue weighted by molar-refractivity contribution is 6.19. The van der Waals surface area contributed by atoms with Crippen molar-refractivity contribution in [2.24, 2.45) is 22.7 Å². The lowest BCUT2D eigenvalue weighted by Crippen LogP contribution is -2.62. The van der Waals surface area contributed by atoms with Crippen LogP contribution in [0.1, 0.15) is 52.4 Å². The first-order valence-electron chi connectivity index (χ1n) is 9.38. The predicted octanol–water partition coefficient (Wildman–Crippen LogP) is 0.318. The van der Waals surface area contributed by atoms with Gasteiger partial charge in [0, 0.05) is 0 Å². The second-order valence-corrected chi connectivity index (χ2v) is 8.43. The van der Waals surface area contributed by atoms with Crippen molar-refractivity contribution in [2.45, 2.75) is 52.4 Å². The Bertz CT molecular complexity index is 664. The summed E-state index contributed by atoms with van der Waals surface area (Å²) in [5.41, 5.74) is -2.58. The molecule has 0 aromatic carbocycles. The molecule has 0 aromatic rings. The van der Waals surface area contributed by atoms with E-state index in [1.807, 2.05) is 0 Å². The summed E-state index contributed by atoms with van der Waals surface area (Å²) in [6.45, 7) is 3.07. The van der Waals surface area contributed by atoms with Gasteiger partial charge >= 0.3 is 12.1 Å². The monoisotopic (exact) mass is 392 g/mol. The van der Waals surface area contributed by atoms with Gasteiger partial charge in [0.2, 0.25) is 23.6 Å². The van der Waals surface area contributed by atoms with Gasteiger partial charge in [-0.3, -0.25) is 40.4 Å². The summed E-state index contributed by atoms with van der Waals surface area (Å²) in [5, 5.41) is 8.58. The molecule has 8 amide bonds. The average molecular weight is 392 g/mol. The third-order valence-corrected chi connectivity index (χ3v) is 6.27. The molecule has 0 spiro atoms. The third-order valence-electron chi connectivity index (χ3n) is 6.27. The Balaban J connectivity index is 1.58. The molecule has 4 N–H and O–H groups in total. The Morgan fingerprint density at radius 2 is 0.857 bits per heavy atom. The molecule has 28 heavy (non-hydrogen) atoms. The first-order valence-corrected chi connectivity index (χ1v) is 9.38. The minimum atomic E-state index is -1.29. The highest BCUT2D eigenvalue weighted by Crippen LogP contribution is 2.42. The number of imide groups is 4. The van der Waals surface area contributed by atoms with E-state index in [-0.39, 0.29) is 11.8 Å². The van der Waals surface area contributed by atoms with Crippen LogP contribution in [0.4, 0.5) is 9.59 Å². The summed E-state index contributed by atoms with van der Waals surface area (Å²) < 4.78 is 0.